The maximum absolute atomic E-state index is 6.23. The van der Waals surface area contributed by atoms with E-state index in [1.54, 1.807) is 16.9 Å². The molecule has 1 heterocycles. The molecule has 1 aromatic carbocycles. The predicted octanol–water partition coefficient (Wildman–Crippen LogP) is 3.07. The van der Waals surface area contributed by atoms with Crippen LogP contribution in [0.5, 0.6) is 5.75 Å². The van der Waals surface area contributed by atoms with Crippen molar-refractivity contribution in [2.75, 3.05) is 12.3 Å². The molecular formula is C16H23ClN4O. The summed E-state index contributed by atoms with van der Waals surface area (Å²) in [5.74, 6) is 0.694. The van der Waals surface area contributed by atoms with Crippen LogP contribution in [0, 0.1) is 5.41 Å². The third-order valence-electron chi connectivity index (χ3n) is 3.68. The molecule has 0 saturated heterocycles. The number of anilines is 1. The molecule has 0 saturated carbocycles. The van der Waals surface area contributed by atoms with E-state index in [-0.39, 0.29) is 11.5 Å². The van der Waals surface area contributed by atoms with Crippen molar-refractivity contribution < 1.29 is 4.74 Å². The summed E-state index contributed by atoms with van der Waals surface area (Å²) in [4.78, 5) is 0. The van der Waals surface area contributed by atoms with Gasteiger partial charge in [-0.15, -0.1) is 0 Å². The summed E-state index contributed by atoms with van der Waals surface area (Å²) in [6, 6.07) is 5.38. The Bertz CT molecular complexity index is 641. The first kappa shape index (κ1) is 16.6. The number of halogens is 1. The lowest BCUT2D eigenvalue weighted by atomic mass is 9.88. The van der Waals surface area contributed by atoms with E-state index in [0.717, 1.165) is 11.3 Å². The van der Waals surface area contributed by atoms with Crippen molar-refractivity contribution in [3.05, 3.63) is 29.4 Å². The second-order valence-electron chi connectivity index (χ2n) is 6.50. The summed E-state index contributed by atoms with van der Waals surface area (Å²) in [5, 5.41) is 4.72. The van der Waals surface area contributed by atoms with Crippen LogP contribution in [0.4, 0.5) is 5.69 Å². The van der Waals surface area contributed by atoms with Crippen LogP contribution in [0.3, 0.4) is 0 Å². The highest BCUT2D eigenvalue weighted by molar-refractivity contribution is 6.33. The summed E-state index contributed by atoms with van der Waals surface area (Å²) in [7, 11) is 1.83. The zero-order chi connectivity index (χ0) is 16.5. The second kappa shape index (κ2) is 6.18. The molecule has 6 heteroatoms. The monoisotopic (exact) mass is 322 g/mol. The van der Waals surface area contributed by atoms with Gasteiger partial charge in [-0.2, -0.15) is 5.10 Å². The van der Waals surface area contributed by atoms with E-state index < -0.39 is 0 Å². The molecule has 0 fully saturated rings. The van der Waals surface area contributed by atoms with Gasteiger partial charge < -0.3 is 16.2 Å². The van der Waals surface area contributed by atoms with E-state index in [1.165, 1.54) is 0 Å². The van der Waals surface area contributed by atoms with Gasteiger partial charge in [0.25, 0.3) is 0 Å². The van der Waals surface area contributed by atoms with Crippen LogP contribution in [0.1, 0.15) is 20.8 Å². The van der Waals surface area contributed by atoms with Gasteiger partial charge >= 0.3 is 0 Å². The number of hydrogen-bond donors (Lipinski definition) is 2. The van der Waals surface area contributed by atoms with Gasteiger partial charge in [0.15, 0.2) is 0 Å². The number of hydrogen-bond acceptors (Lipinski definition) is 4. The molecule has 5 nitrogen and oxygen atoms in total. The van der Waals surface area contributed by atoms with Gasteiger partial charge in [0.05, 0.1) is 16.9 Å². The lowest BCUT2D eigenvalue weighted by molar-refractivity contribution is 0.206. The minimum atomic E-state index is -0.0834. The van der Waals surface area contributed by atoms with Crippen molar-refractivity contribution in [1.82, 2.24) is 9.78 Å². The fraction of sp³-hybridized carbons (Fsp3) is 0.438. The molecule has 0 radical (unpaired) electrons. The first-order chi connectivity index (χ1) is 10.2. The zero-order valence-electron chi connectivity index (χ0n) is 13.4. The standard InChI is InChI=1S/C16H23ClN4O/c1-16(2,3)14(19)9-22-13-6-5-10(18)7-11(13)15-12(17)8-20-21(15)4/h5-8,14H,9,18-19H2,1-4H3/t14-/m1/s1. The molecule has 2 rings (SSSR count). The Balaban J connectivity index is 2.34. The average Bonchev–Trinajstić information content (AvgIpc) is 2.75. The largest absolute Gasteiger partial charge is 0.491 e. The number of aromatic nitrogens is 2. The quantitative estimate of drug-likeness (QED) is 0.848. The van der Waals surface area contributed by atoms with Crippen molar-refractivity contribution in [2.24, 2.45) is 18.2 Å². The van der Waals surface area contributed by atoms with Gasteiger partial charge in [-0.3, -0.25) is 4.68 Å². The topological polar surface area (TPSA) is 79.1 Å². The van der Waals surface area contributed by atoms with Gasteiger partial charge in [-0.25, -0.2) is 0 Å². The molecular weight excluding hydrogens is 300 g/mol. The third kappa shape index (κ3) is 3.54. The third-order valence-corrected chi connectivity index (χ3v) is 3.96. The van der Waals surface area contributed by atoms with Crippen LogP contribution in [0.25, 0.3) is 11.3 Å². The van der Waals surface area contributed by atoms with Crippen molar-refractivity contribution in [2.45, 2.75) is 26.8 Å². The van der Waals surface area contributed by atoms with Crippen LogP contribution >= 0.6 is 11.6 Å². The number of nitrogens with two attached hydrogens (primary N) is 2. The molecule has 0 unspecified atom stereocenters. The normalized spacial score (nSPS) is 13.2. The molecule has 1 aromatic heterocycles. The van der Waals surface area contributed by atoms with Crippen LogP contribution in [0.15, 0.2) is 24.4 Å². The fourth-order valence-electron chi connectivity index (χ4n) is 2.00. The van der Waals surface area contributed by atoms with Gasteiger partial charge in [-0.1, -0.05) is 32.4 Å². The van der Waals surface area contributed by atoms with Crippen LogP contribution < -0.4 is 16.2 Å². The highest BCUT2D eigenvalue weighted by Crippen LogP contribution is 2.36. The molecule has 1 atom stereocenters. The summed E-state index contributed by atoms with van der Waals surface area (Å²) < 4.78 is 7.64. The Hall–Kier alpha value is -1.72. The second-order valence-corrected chi connectivity index (χ2v) is 6.91. The lowest BCUT2D eigenvalue weighted by Crippen LogP contribution is -2.40. The zero-order valence-corrected chi connectivity index (χ0v) is 14.2. The smallest absolute Gasteiger partial charge is 0.128 e. The maximum atomic E-state index is 6.23. The fourth-order valence-corrected chi connectivity index (χ4v) is 2.27. The molecule has 120 valence electrons. The summed E-state index contributed by atoms with van der Waals surface area (Å²) in [6.45, 7) is 6.67. The number of nitrogens with zero attached hydrogens (tertiary/aromatic N) is 2. The Morgan fingerprint density at radius 1 is 1.36 bits per heavy atom. The number of aryl methyl sites for hydroxylation is 1. The SMILES string of the molecule is Cn1ncc(Cl)c1-c1cc(N)ccc1OC[C@@H](N)C(C)(C)C. The molecule has 4 N–H and O–H groups in total. The molecule has 0 bridgehead atoms. The van der Waals surface area contributed by atoms with E-state index in [0.29, 0.717) is 23.1 Å². The highest BCUT2D eigenvalue weighted by atomic mass is 35.5. The summed E-state index contributed by atoms with van der Waals surface area (Å²) >= 11 is 6.23. The summed E-state index contributed by atoms with van der Waals surface area (Å²) in [6.07, 6.45) is 1.60. The predicted molar refractivity (Wildman–Crippen MR) is 91.0 cm³/mol. The average molecular weight is 323 g/mol. The van der Waals surface area contributed by atoms with E-state index in [2.05, 4.69) is 25.9 Å². The summed E-state index contributed by atoms with van der Waals surface area (Å²) in [5.41, 5.74) is 14.3. The van der Waals surface area contributed by atoms with Crippen molar-refractivity contribution >= 4 is 17.3 Å². The molecule has 2 aromatic rings. The molecule has 0 amide bonds. The molecule has 0 spiro atoms. The van der Waals surface area contributed by atoms with Gasteiger partial charge in [0.1, 0.15) is 12.4 Å². The van der Waals surface area contributed by atoms with Gasteiger partial charge in [0, 0.05) is 24.3 Å². The minimum Gasteiger partial charge on any atom is -0.491 e. The van der Waals surface area contributed by atoms with Crippen molar-refractivity contribution in [3.63, 3.8) is 0 Å². The molecule has 0 aliphatic rings. The molecule has 22 heavy (non-hydrogen) atoms. The first-order valence-corrected chi connectivity index (χ1v) is 7.53. The van der Waals surface area contributed by atoms with Crippen LogP contribution in [-0.2, 0) is 7.05 Å². The van der Waals surface area contributed by atoms with E-state index >= 15 is 0 Å². The lowest BCUT2D eigenvalue weighted by Gasteiger charge is -2.27. The Labute approximate surface area is 136 Å². The number of nitrogen functional groups attached to an aromatic ring is 1. The van der Waals surface area contributed by atoms with Crippen molar-refractivity contribution in [1.29, 1.82) is 0 Å². The highest BCUT2D eigenvalue weighted by Gasteiger charge is 2.22. The number of ether oxygens (including phenoxy) is 1. The minimum absolute atomic E-state index is 0.0296. The number of rotatable bonds is 4. The maximum Gasteiger partial charge on any atom is 0.128 e. The Kier molecular flexibility index (Phi) is 4.68. The van der Waals surface area contributed by atoms with Gasteiger partial charge in [0.2, 0.25) is 0 Å². The molecule has 0 aliphatic carbocycles. The number of benzene rings is 1. The van der Waals surface area contributed by atoms with E-state index in [1.807, 2.05) is 19.2 Å². The van der Waals surface area contributed by atoms with E-state index in [4.69, 9.17) is 27.8 Å². The first-order valence-electron chi connectivity index (χ1n) is 7.16. The van der Waals surface area contributed by atoms with Crippen LogP contribution in [-0.4, -0.2) is 22.4 Å². The molecule has 0 aliphatic heterocycles. The van der Waals surface area contributed by atoms with Gasteiger partial charge in [-0.05, 0) is 23.6 Å². The van der Waals surface area contributed by atoms with Crippen molar-refractivity contribution in [3.8, 4) is 17.0 Å². The van der Waals surface area contributed by atoms with E-state index in [9.17, 15) is 0 Å². The van der Waals surface area contributed by atoms with Crippen LogP contribution in [0.2, 0.25) is 5.02 Å². The Morgan fingerprint density at radius 2 is 2.05 bits per heavy atom. The Morgan fingerprint density at radius 3 is 2.59 bits per heavy atom.